The monoisotopic (exact) mass is 517 g/mol. The normalized spacial score (nSPS) is 36.8. The molecule has 1 unspecified atom stereocenters. The molecule has 0 aromatic rings. The number of carbonyl (C=O) groups excluding carboxylic acids is 3. The molecule has 37 heavy (non-hydrogen) atoms. The number of esters is 1. The summed E-state index contributed by atoms with van der Waals surface area (Å²) in [6.45, 7) is 10.2. The first-order valence-corrected chi connectivity index (χ1v) is 13.5. The molecule has 0 aromatic heterocycles. The molecule has 0 saturated carbocycles. The van der Waals surface area contributed by atoms with Gasteiger partial charge in [-0.25, -0.2) is 0 Å². The number of aliphatic hydroxyl groups is 1. The van der Waals surface area contributed by atoms with Crippen molar-refractivity contribution in [2.45, 2.75) is 50.5 Å². The summed E-state index contributed by atoms with van der Waals surface area (Å²) >= 11 is 0. The van der Waals surface area contributed by atoms with E-state index in [2.05, 4.69) is 4.90 Å². The number of amides is 2. The molecule has 5 aliphatic rings. The number of rotatable bonds is 7. The maximum Gasteiger partial charge on any atom is 0.313 e. The van der Waals surface area contributed by atoms with Crippen LogP contribution in [0.2, 0.25) is 0 Å². The minimum Gasteiger partial charge on any atom is -0.461 e. The first-order chi connectivity index (χ1) is 17.7. The van der Waals surface area contributed by atoms with Crippen LogP contribution in [-0.4, -0.2) is 120 Å². The fourth-order valence-corrected chi connectivity index (χ4v) is 6.84. The van der Waals surface area contributed by atoms with Crippen LogP contribution in [0, 0.1) is 17.8 Å². The van der Waals surface area contributed by atoms with E-state index < -0.39 is 41.1 Å². The molecule has 1 N–H and O–H groups in total. The van der Waals surface area contributed by atoms with Gasteiger partial charge in [-0.3, -0.25) is 19.3 Å². The van der Waals surface area contributed by atoms with E-state index in [1.165, 1.54) is 4.90 Å². The third-order valence-electron chi connectivity index (χ3n) is 8.47. The lowest BCUT2D eigenvalue weighted by Gasteiger charge is -2.40. The van der Waals surface area contributed by atoms with Crippen LogP contribution < -0.4 is 0 Å². The zero-order valence-electron chi connectivity index (χ0n) is 22.0. The van der Waals surface area contributed by atoms with Crippen molar-refractivity contribution in [1.29, 1.82) is 0 Å². The number of likely N-dealkylation sites (tertiary alicyclic amines) is 1. The Bertz CT molecular complexity index is 977. The molecule has 6 atom stereocenters. The minimum absolute atomic E-state index is 0.117. The predicted molar refractivity (Wildman–Crippen MR) is 133 cm³/mol. The predicted octanol–water partition coefficient (Wildman–Crippen LogP) is 0.208. The molecule has 10 nitrogen and oxygen atoms in total. The largest absolute Gasteiger partial charge is 0.461 e. The SMILES string of the molecule is CC(C)C[C@H](CO)N1C(=O)[C@@H]2[C@H]3C(=O)OCC=C[C@@]3(C)O[C@@]23C=CCN(CCN2CCOCC2)C(=O)C13. The van der Waals surface area contributed by atoms with Gasteiger partial charge in [0, 0.05) is 32.7 Å². The van der Waals surface area contributed by atoms with E-state index in [4.69, 9.17) is 14.2 Å². The average Bonchev–Trinajstić information content (AvgIpc) is 3.13. The molecular weight excluding hydrogens is 478 g/mol. The van der Waals surface area contributed by atoms with E-state index in [0.29, 0.717) is 39.3 Å². The van der Waals surface area contributed by atoms with Gasteiger partial charge in [-0.15, -0.1) is 0 Å². The van der Waals surface area contributed by atoms with Gasteiger partial charge in [0.2, 0.25) is 11.8 Å². The molecule has 3 saturated heterocycles. The van der Waals surface area contributed by atoms with E-state index in [0.717, 1.165) is 13.1 Å². The van der Waals surface area contributed by atoms with Gasteiger partial charge in [0.25, 0.3) is 0 Å². The highest BCUT2D eigenvalue weighted by Crippen LogP contribution is 2.57. The summed E-state index contributed by atoms with van der Waals surface area (Å²) in [6.07, 6.45) is 7.78. The summed E-state index contributed by atoms with van der Waals surface area (Å²) < 4.78 is 17.6. The Labute approximate surface area is 218 Å². The van der Waals surface area contributed by atoms with Crippen LogP contribution in [0.4, 0.5) is 0 Å². The van der Waals surface area contributed by atoms with E-state index in [-0.39, 0.29) is 30.9 Å². The lowest BCUT2D eigenvalue weighted by atomic mass is 9.75. The smallest absolute Gasteiger partial charge is 0.313 e. The summed E-state index contributed by atoms with van der Waals surface area (Å²) in [7, 11) is 0. The van der Waals surface area contributed by atoms with E-state index in [1.54, 1.807) is 24.0 Å². The number of morpholine rings is 1. The molecule has 2 amide bonds. The van der Waals surface area contributed by atoms with Crippen LogP contribution in [0.5, 0.6) is 0 Å². The van der Waals surface area contributed by atoms with Crippen molar-refractivity contribution < 1.29 is 33.7 Å². The number of ether oxygens (including phenoxy) is 3. The second-order valence-electron chi connectivity index (χ2n) is 11.4. The number of fused-ring (bicyclic) bond motifs is 2. The van der Waals surface area contributed by atoms with Crippen molar-refractivity contribution in [1.82, 2.24) is 14.7 Å². The second-order valence-corrected chi connectivity index (χ2v) is 11.4. The van der Waals surface area contributed by atoms with Gasteiger partial charge in [-0.05, 0) is 25.3 Å². The standard InChI is InChI=1S/C27H39N3O7/c1-18(2)16-19(17-31)30-22-24(33)29(10-9-28-11-14-35-15-12-28)8-4-7-27(22)20(23(30)32)21-25(34)36-13-5-6-26(21,3)37-27/h4-7,18-22,31H,8-17H2,1-3H3/t19-,20+,21+,22?,26-,27+/m1/s1. The highest BCUT2D eigenvalue weighted by atomic mass is 16.6. The van der Waals surface area contributed by atoms with E-state index >= 15 is 0 Å². The Morgan fingerprint density at radius 1 is 1.05 bits per heavy atom. The summed E-state index contributed by atoms with van der Waals surface area (Å²) in [5, 5.41) is 10.4. The Morgan fingerprint density at radius 3 is 2.51 bits per heavy atom. The quantitative estimate of drug-likeness (QED) is 0.377. The lowest BCUT2D eigenvalue weighted by molar-refractivity contribution is -0.160. The molecule has 5 aliphatic heterocycles. The third kappa shape index (κ3) is 4.41. The molecule has 5 rings (SSSR count). The number of cyclic esters (lactones) is 1. The first kappa shape index (κ1) is 26.3. The molecule has 10 heteroatoms. The zero-order chi connectivity index (χ0) is 26.4. The van der Waals surface area contributed by atoms with Gasteiger partial charge in [-0.1, -0.05) is 32.1 Å². The molecule has 0 aliphatic carbocycles. The summed E-state index contributed by atoms with van der Waals surface area (Å²) in [5.41, 5.74) is -2.41. The molecule has 3 fully saturated rings. The van der Waals surface area contributed by atoms with Gasteiger partial charge in [0.15, 0.2) is 0 Å². The minimum atomic E-state index is -1.33. The zero-order valence-corrected chi connectivity index (χ0v) is 22.0. The van der Waals surface area contributed by atoms with Crippen LogP contribution in [0.25, 0.3) is 0 Å². The maximum atomic E-state index is 14.3. The van der Waals surface area contributed by atoms with Crippen molar-refractivity contribution in [3.05, 3.63) is 24.3 Å². The van der Waals surface area contributed by atoms with Crippen molar-refractivity contribution in [3.63, 3.8) is 0 Å². The van der Waals surface area contributed by atoms with Crippen LogP contribution in [0.15, 0.2) is 24.3 Å². The second kappa shape index (κ2) is 10.1. The van der Waals surface area contributed by atoms with Crippen molar-refractivity contribution in [2.24, 2.45) is 17.8 Å². The molecule has 0 bridgehead atoms. The van der Waals surface area contributed by atoms with Crippen molar-refractivity contribution in [3.8, 4) is 0 Å². The summed E-state index contributed by atoms with van der Waals surface area (Å²) in [6, 6.07) is -1.54. The Morgan fingerprint density at radius 2 is 1.81 bits per heavy atom. The van der Waals surface area contributed by atoms with Crippen molar-refractivity contribution >= 4 is 17.8 Å². The molecule has 204 valence electrons. The highest BCUT2D eigenvalue weighted by molar-refractivity contribution is 5.99. The number of carbonyl (C=O) groups is 3. The fraction of sp³-hybridized carbons (Fsp3) is 0.741. The molecule has 0 aromatic carbocycles. The summed E-state index contributed by atoms with van der Waals surface area (Å²) in [4.78, 5) is 47.3. The summed E-state index contributed by atoms with van der Waals surface area (Å²) in [5.74, 6) is -2.66. The topological polar surface area (TPSA) is 109 Å². The van der Waals surface area contributed by atoms with Crippen molar-refractivity contribution in [2.75, 3.05) is 59.2 Å². The fourth-order valence-electron chi connectivity index (χ4n) is 6.84. The molecular formula is C27H39N3O7. The third-order valence-corrected chi connectivity index (χ3v) is 8.47. The average molecular weight is 518 g/mol. The number of hydrogen-bond acceptors (Lipinski definition) is 8. The molecule has 5 heterocycles. The maximum absolute atomic E-state index is 14.3. The van der Waals surface area contributed by atoms with Crippen LogP contribution in [0.3, 0.4) is 0 Å². The Balaban J connectivity index is 1.54. The first-order valence-electron chi connectivity index (χ1n) is 13.5. The van der Waals surface area contributed by atoms with Crippen LogP contribution in [0.1, 0.15) is 27.2 Å². The van der Waals surface area contributed by atoms with Gasteiger partial charge in [-0.2, -0.15) is 0 Å². The van der Waals surface area contributed by atoms with Crippen LogP contribution >= 0.6 is 0 Å². The highest BCUT2D eigenvalue weighted by Gasteiger charge is 2.75. The molecule has 1 spiro atoms. The van der Waals surface area contributed by atoms with Gasteiger partial charge in [0.05, 0.1) is 37.4 Å². The number of nitrogens with zero attached hydrogens (tertiary/aromatic N) is 3. The van der Waals surface area contributed by atoms with E-state index in [1.807, 2.05) is 26.0 Å². The Kier molecular flexibility index (Phi) is 7.21. The van der Waals surface area contributed by atoms with E-state index in [9.17, 15) is 19.5 Å². The van der Waals surface area contributed by atoms with Gasteiger partial charge < -0.3 is 29.1 Å². The number of aliphatic hydroxyl groups excluding tert-OH is 1. The lowest BCUT2D eigenvalue weighted by Crippen LogP contribution is -2.59. The number of hydrogen-bond donors (Lipinski definition) is 1. The van der Waals surface area contributed by atoms with Crippen LogP contribution in [-0.2, 0) is 28.6 Å². The van der Waals surface area contributed by atoms with Gasteiger partial charge >= 0.3 is 5.97 Å². The van der Waals surface area contributed by atoms with Gasteiger partial charge in [0.1, 0.15) is 24.2 Å². The Hall–Kier alpha value is -2.27. The molecule has 0 radical (unpaired) electrons.